The summed E-state index contributed by atoms with van der Waals surface area (Å²) in [6, 6.07) is 8.99. The number of nitrogens with zero attached hydrogens (tertiary/aromatic N) is 2. The summed E-state index contributed by atoms with van der Waals surface area (Å²) in [5.74, 6) is 0.260. The molecular weight excluding hydrogens is 286 g/mol. The molecule has 4 heteroatoms. The molecule has 0 radical (unpaired) electrons. The third kappa shape index (κ3) is 3.02. The second-order valence-corrected chi connectivity index (χ2v) is 7.75. The summed E-state index contributed by atoms with van der Waals surface area (Å²) in [6.07, 6.45) is 3.54. The van der Waals surface area contributed by atoms with Crippen molar-refractivity contribution in [1.29, 1.82) is 0 Å². The molecule has 1 atom stereocenters. The molecule has 124 valence electrons. The maximum Gasteiger partial charge on any atom is 0.237 e. The molecule has 3 fully saturated rings. The lowest BCUT2D eigenvalue weighted by Crippen LogP contribution is -2.52. The Morgan fingerprint density at radius 3 is 2.83 bits per heavy atom. The van der Waals surface area contributed by atoms with Crippen molar-refractivity contribution >= 4 is 5.91 Å². The summed E-state index contributed by atoms with van der Waals surface area (Å²) >= 11 is 0. The predicted molar refractivity (Wildman–Crippen MR) is 91.1 cm³/mol. The minimum absolute atomic E-state index is 0.145. The highest BCUT2D eigenvalue weighted by molar-refractivity contribution is 5.83. The first-order valence-electron chi connectivity index (χ1n) is 8.93. The van der Waals surface area contributed by atoms with E-state index in [4.69, 9.17) is 0 Å². The zero-order valence-electron chi connectivity index (χ0n) is 14.1. The van der Waals surface area contributed by atoms with E-state index in [0.717, 1.165) is 45.7 Å². The van der Waals surface area contributed by atoms with Crippen molar-refractivity contribution in [3.05, 3.63) is 35.4 Å². The number of likely N-dealkylation sites (tertiary alicyclic amines) is 1. The fraction of sp³-hybridized carbons (Fsp3) is 0.632. The topological polar surface area (TPSA) is 35.6 Å². The van der Waals surface area contributed by atoms with Crippen LogP contribution < -0.4 is 5.32 Å². The minimum Gasteiger partial charge on any atom is -0.353 e. The third-order valence-electron chi connectivity index (χ3n) is 6.01. The van der Waals surface area contributed by atoms with Crippen LogP contribution in [-0.2, 0) is 11.3 Å². The van der Waals surface area contributed by atoms with Crippen LogP contribution in [0.5, 0.6) is 0 Å². The smallest absolute Gasteiger partial charge is 0.237 e. The number of rotatable bonds is 2. The monoisotopic (exact) mass is 313 g/mol. The predicted octanol–water partition coefficient (Wildman–Crippen LogP) is 1.78. The number of benzene rings is 1. The normalized spacial score (nSPS) is 27.9. The van der Waals surface area contributed by atoms with Crippen LogP contribution >= 0.6 is 0 Å². The average molecular weight is 313 g/mol. The highest BCUT2D eigenvalue weighted by atomic mass is 16.2. The Morgan fingerprint density at radius 1 is 1.26 bits per heavy atom. The van der Waals surface area contributed by atoms with E-state index in [2.05, 4.69) is 46.3 Å². The van der Waals surface area contributed by atoms with Crippen LogP contribution in [0.25, 0.3) is 0 Å². The Balaban J connectivity index is 1.37. The van der Waals surface area contributed by atoms with E-state index in [0.29, 0.717) is 5.41 Å². The number of carbonyl (C=O) groups is 1. The zero-order valence-corrected chi connectivity index (χ0v) is 14.1. The van der Waals surface area contributed by atoms with Gasteiger partial charge in [0.1, 0.15) is 0 Å². The third-order valence-corrected chi connectivity index (χ3v) is 6.01. The molecule has 3 heterocycles. The fourth-order valence-corrected chi connectivity index (χ4v) is 4.70. The molecule has 4 nitrogen and oxygen atoms in total. The van der Waals surface area contributed by atoms with Crippen molar-refractivity contribution in [2.75, 3.05) is 32.7 Å². The standard InChI is InChI=1S/C19H27N3O/c1-15-3-2-4-16(11-15)13-21-8-5-19(6-9-21)12-17-18(23)20-7-10-22(17)14-19/h2-4,11,17H,5-10,12-14H2,1H3,(H,20,23). The largest absolute Gasteiger partial charge is 0.353 e. The van der Waals surface area contributed by atoms with Crippen molar-refractivity contribution < 1.29 is 4.79 Å². The summed E-state index contributed by atoms with van der Waals surface area (Å²) in [4.78, 5) is 17.1. The van der Waals surface area contributed by atoms with Gasteiger partial charge in [0, 0.05) is 26.2 Å². The lowest BCUT2D eigenvalue weighted by molar-refractivity contribution is -0.127. The van der Waals surface area contributed by atoms with Gasteiger partial charge >= 0.3 is 0 Å². The molecule has 0 saturated carbocycles. The summed E-state index contributed by atoms with van der Waals surface area (Å²) in [5.41, 5.74) is 3.15. The van der Waals surface area contributed by atoms with Crippen LogP contribution in [0.15, 0.2) is 24.3 Å². The van der Waals surface area contributed by atoms with Crippen molar-refractivity contribution in [1.82, 2.24) is 15.1 Å². The van der Waals surface area contributed by atoms with Gasteiger partial charge in [0.15, 0.2) is 0 Å². The highest BCUT2D eigenvalue weighted by Crippen LogP contribution is 2.44. The second-order valence-electron chi connectivity index (χ2n) is 7.75. The molecule has 1 spiro atoms. The Kier molecular flexibility index (Phi) is 3.90. The quantitative estimate of drug-likeness (QED) is 0.904. The maximum atomic E-state index is 12.1. The first kappa shape index (κ1) is 15.2. The molecule has 23 heavy (non-hydrogen) atoms. The number of aryl methyl sites for hydroxylation is 1. The lowest BCUT2D eigenvalue weighted by atomic mass is 9.76. The van der Waals surface area contributed by atoms with Crippen molar-refractivity contribution in [3.8, 4) is 0 Å². The van der Waals surface area contributed by atoms with Gasteiger partial charge in [-0.15, -0.1) is 0 Å². The van der Waals surface area contributed by atoms with Crippen molar-refractivity contribution in [2.45, 2.75) is 38.8 Å². The molecule has 1 aromatic rings. The number of piperazine rings is 1. The lowest BCUT2D eigenvalue weighted by Gasteiger charge is -2.39. The number of amides is 1. The molecule has 0 bridgehead atoms. The number of piperidine rings is 1. The molecule has 3 saturated heterocycles. The molecule has 4 rings (SSSR count). The second kappa shape index (κ2) is 5.91. The first-order valence-corrected chi connectivity index (χ1v) is 8.93. The highest BCUT2D eigenvalue weighted by Gasteiger charge is 2.48. The van der Waals surface area contributed by atoms with Crippen molar-refractivity contribution in [2.24, 2.45) is 5.41 Å². The van der Waals surface area contributed by atoms with E-state index in [-0.39, 0.29) is 11.9 Å². The van der Waals surface area contributed by atoms with Crippen LogP contribution in [0.2, 0.25) is 0 Å². The minimum atomic E-state index is 0.145. The summed E-state index contributed by atoms with van der Waals surface area (Å²) < 4.78 is 0. The van der Waals surface area contributed by atoms with Crippen LogP contribution in [0.4, 0.5) is 0 Å². The summed E-state index contributed by atoms with van der Waals surface area (Å²) in [7, 11) is 0. The number of hydrogen-bond donors (Lipinski definition) is 1. The van der Waals surface area contributed by atoms with Gasteiger partial charge in [-0.1, -0.05) is 29.8 Å². The van der Waals surface area contributed by atoms with E-state index in [9.17, 15) is 4.79 Å². The molecule has 1 unspecified atom stereocenters. The fourth-order valence-electron chi connectivity index (χ4n) is 4.70. The van der Waals surface area contributed by atoms with Crippen LogP contribution in [-0.4, -0.2) is 54.5 Å². The molecule has 0 aromatic heterocycles. The molecule has 1 N–H and O–H groups in total. The van der Waals surface area contributed by atoms with E-state index >= 15 is 0 Å². The SMILES string of the molecule is Cc1cccc(CN2CCC3(CC2)CC2C(=O)NCCN2C3)c1. The zero-order chi connectivity index (χ0) is 15.9. The van der Waals surface area contributed by atoms with E-state index < -0.39 is 0 Å². The maximum absolute atomic E-state index is 12.1. The molecule has 1 amide bonds. The summed E-state index contributed by atoms with van der Waals surface area (Å²) in [5, 5.41) is 3.03. The Morgan fingerprint density at radius 2 is 2.09 bits per heavy atom. The Hall–Kier alpha value is -1.39. The first-order chi connectivity index (χ1) is 11.1. The van der Waals surface area contributed by atoms with Gasteiger partial charge in [-0.05, 0) is 50.3 Å². The van der Waals surface area contributed by atoms with Gasteiger partial charge in [0.05, 0.1) is 6.04 Å². The number of carbonyl (C=O) groups excluding carboxylic acids is 1. The molecule has 0 aliphatic carbocycles. The molecule has 3 aliphatic rings. The number of nitrogens with one attached hydrogen (secondary N) is 1. The van der Waals surface area contributed by atoms with Crippen LogP contribution in [0.3, 0.4) is 0 Å². The van der Waals surface area contributed by atoms with Gasteiger partial charge in [-0.25, -0.2) is 0 Å². The van der Waals surface area contributed by atoms with E-state index in [1.54, 1.807) is 0 Å². The number of hydrogen-bond acceptors (Lipinski definition) is 3. The Labute approximate surface area is 138 Å². The van der Waals surface area contributed by atoms with Crippen LogP contribution in [0.1, 0.15) is 30.4 Å². The Bertz CT molecular complexity index is 592. The van der Waals surface area contributed by atoms with Crippen LogP contribution in [0, 0.1) is 12.3 Å². The van der Waals surface area contributed by atoms with E-state index in [1.807, 2.05) is 0 Å². The van der Waals surface area contributed by atoms with Gasteiger partial charge in [0.25, 0.3) is 0 Å². The van der Waals surface area contributed by atoms with Crippen molar-refractivity contribution in [3.63, 3.8) is 0 Å². The van der Waals surface area contributed by atoms with Gasteiger partial charge in [-0.3, -0.25) is 14.6 Å². The van der Waals surface area contributed by atoms with Gasteiger partial charge in [-0.2, -0.15) is 0 Å². The molecular formula is C19H27N3O. The molecule has 1 aromatic carbocycles. The van der Waals surface area contributed by atoms with Gasteiger partial charge < -0.3 is 5.32 Å². The molecule has 3 aliphatic heterocycles. The summed E-state index contributed by atoms with van der Waals surface area (Å²) in [6.45, 7) is 8.53. The van der Waals surface area contributed by atoms with E-state index in [1.165, 1.54) is 24.0 Å². The average Bonchev–Trinajstić information content (AvgIpc) is 2.90. The number of fused-ring (bicyclic) bond motifs is 1. The van der Waals surface area contributed by atoms with Gasteiger partial charge in [0.2, 0.25) is 5.91 Å².